The molecule has 0 saturated carbocycles. The lowest BCUT2D eigenvalue weighted by Gasteiger charge is -2.30. The van der Waals surface area contributed by atoms with Gasteiger partial charge in [0.05, 0.1) is 4.90 Å². The highest BCUT2D eigenvalue weighted by Crippen LogP contribution is 2.34. The van der Waals surface area contributed by atoms with E-state index in [4.69, 9.17) is 11.6 Å². The van der Waals surface area contributed by atoms with Crippen molar-refractivity contribution in [3.63, 3.8) is 0 Å². The first kappa shape index (κ1) is 15.8. The lowest BCUT2D eigenvalue weighted by atomic mass is 10.0. The zero-order valence-electron chi connectivity index (χ0n) is 12.3. The van der Waals surface area contributed by atoms with E-state index in [9.17, 15) is 8.42 Å². The molecule has 0 spiro atoms. The number of hydrogen-bond donors (Lipinski definition) is 0. The molecule has 0 aliphatic carbocycles. The van der Waals surface area contributed by atoms with Crippen molar-refractivity contribution in [3.05, 3.63) is 29.3 Å². The van der Waals surface area contributed by atoms with Gasteiger partial charge in [-0.1, -0.05) is 13.0 Å². The van der Waals surface area contributed by atoms with Crippen LogP contribution in [0.3, 0.4) is 0 Å². The number of halogens is 1. The summed E-state index contributed by atoms with van der Waals surface area (Å²) >= 11 is 5.94. The lowest BCUT2D eigenvalue weighted by molar-refractivity contribution is 0.291. The van der Waals surface area contributed by atoms with E-state index in [-0.39, 0.29) is 5.54 Å². The molecule has 0 N–H and O–H groups in total. The molecule has 2 rings (SSSR count). The predicted molar refractivity (Wildman–Crippen MR) is 82.6 cm³/mol. The molecule has 0 unspecified atom stereocenters. The highest BCUT2D eigenvalue weighted by molar-refractivity contribution is 7.89. The van der Waals surface area contributed by atoms with E-state index in [1.165, 1.54) is 0 Å². The van der Waals surface area contributed by atoms with E-state index in [2.05, 4.69) is 0 Å². The minimum absolute atomic E-state index is 0.302. The van der Waals surface area contributed by atoms with Crippen molar-refractivity contribution in [3.8, 4) is 0 Å². The Labute approximate surface area is 127 Å². The van der Waals surface area contributed by atoms with Gasteiger partial charge in [0.1, 0.15) is 0 Å². The largest absolute Gasteiger partial charge is 0.243 e. The smallest absolute Gasteiger partial charge is 0.207 e. The molecule has 0 aromatic heterocycles. The molecule has 1 fully saturated rings. The average molecular weight is 316 g/mol. The quantitative estimate of drug-likeness (QED) is 0.797. The van der Waals surface area contributed by atoms with Crippen LogP contribution in [-0.2, 0) is 22.3 Å². The maximum absolute atomic E-state index is 12.8. The van der Waals surface area contributed by atoms with Gasteiger partial charge in [0.15, 0.2) is 0 Å². The lowest BCUT2D eigenvalue weighted by Crippen LogP contribution is -2.42. The number of benzene rings is 1. The third kappa shape index (κ3) is 2.74. The van der Waals surface area contributed by atoms with Gasteiger partial charge in [-0.3, -0.25) is 0 Å². The van der Waals surface area contributed by atoms with Crippen LogP contribution in [0.15, 0.2) is 23.1 Å². The molecule has 20 heavy (non-hydrogen) atoms. The van der Waals surface area contributed by atoms with Gasteiger partial charge < -0.3 is 0 Å². The SMILES string of the molecule is CCc1ccc(S(=O)(=O)N2CCCC2(C)C)cc1CCl. The van der Waals surface area contributed by atoms with E-state index in [1.54, 1.807) is 16.4 Å². The summed E-state index contributed by atoms with van der Waals surface area (Å²) in [6, 6.07) is 5.32. The molecule has 112 valence electrons. The van der Waals surface area contributed by atoms with Crippen molar-refractivity contribution in [1.82, 2.24) is 4.31 Å². The monoisotopic (exact) mass is 315 g/mol. The van der Waals surface area contributed by atoms with Gasteiger partial charge in [-0.15, -0.1) is 11.6 Å². The maximum Gasteiger partial charge on any atom is 0.243 e. The van der Waals surface area contributed by atoms with E-state index in [1.807, 2.05) is 26.8 Å². The third-order valence-corrected chi connectivity index (χ3v) is 6.51. The fraction of sp³-hybridized carbons (Fsp3) is 0.600. The van der Waals surface area contributed by atoms with E-state index in [0.717, 1.165) is 30.4 Å². The minimum atomic E-state index is -3.43. The summed E-state index contributed by atoms with van der Waals surface area (Å²) < 4.78 is 27.2. The fourth-order valence-corrected chi connectivity index (χ4v) is 5.03. The molecule has 1 aromatic rings. The molecule has 1 aromatic carbocycles. The third-order valence-electron chi connectivity index (χ3n) is 4.12. The highest BCUT2D eigenvalue weighted by Gasteiger charge is 2.40. The van der Waals surface area contributed by atoms with E-state index in [0.29, 0.717) is 17.3 Å². The van der Waals surface area contributed by atoms with Crippen LogP contribution in [0.25, 0.3) is 0 Å². The van der Waals surface area contributed by atoms with E-state index >= 15 is 0 Å². The predicted octanol–water partition coefficient (Wildman–Crippen LogP) is 3.55. The molecule has 1 heterocycles. The Bertz CT molecular complexity index is 596. The zero-order chi connectivity index (χ0) is 15.0. The van der Waals surface area contributed by atoms with Gasteiger partial charge in [0.25, 0.3) is 0 Å². The summed E-state index contributed by atoms with van der Waals surface area (Å²) in [6.07, 6.45) is 2.68. The van der Waals surface area contributed by atoms with Crippen LogP contribution in [0.5, 0.6) is 0 Å². The van der Waals surface area contributed by atoms with Gasteiger partial charge in [-0.2, -0.15) is 4.31 Å². The first-order chi connectivity index (χ1) is 9.32. The second kappa shape index (κ2) is 5.66. The Balaban J connectivity index is 2.45. The Kier molecular flexibility index (Phi) is 4.47. The van der Waals surface area contributed by atoms with Gasteiger partial charge >= 0.3 is 0 Å². The maximum atomic E-state index is 12.8. The minimum Gasteiger partial charge on any atom is -0.207 e. The number of rotatable bonds is 4. The molecule has 1 aliphatic heterocycles. The molecule has 1 aliphatic rings. The van der Waals surface area contributed by atoms with E-state index < -0.39 is 10.0 Å². The van der Waals surface area contributed by atoms with Crippen LogP contribution in [0.2, 0.25) is 0 Å². The number of alkyl halides is 1. The molecule has 0 amide bonds. The number of hydrogen-bond acceptors (Lipinski definition) is 2. The summed E-state index contributed by atoms with van der Waals surface area (Å²) in [5, 5.41) is 0. The Morgan fingerprint density at radius 1 is 1.30 bits per heavy atom. The first-order valence-corrected chi connectivity index (χ1v) is 9.01. The Morgan fingerprint density at radius 3 is 2.50 bits per heavy atom. The normalized spacial score (nSPS) is 19.4. The summed E-state index contributed by atoms with van der Waals surface area (Å²) in [4.78, 5) is 0.361. The second-order valence-electron chi connectivity index (χ2n) is 5.91. The molecule has 0 atom stereocenters. The second-order valence-corrected chi connectivity index (χ2v) is 8.04. The molecule has 0 radical (unpaired) electrons. The van der Waals surface area contributed by atoms with Crippen molar-refractivity contribution in [2.24, 2.45) is 0 Å². The van der Waals surface area contributed by atoms with Gasteiger partial charge in [0, 0.05) is 18.0 Å². The summed E-state index contributed by atoms with van der Waals surface area (Å²) in [5.74, 6) is 0.343. The molecule has 0 bridgehead atoms. The fourth-order valence-electron chi connectivity index (χ4n) is 2.89. The standard InChI is InChI=1S/C15H22ClNO2S/c1-4-12-6-7-14(10-13(12)11-16)20(18,19)17-9-5-8-15(17,2)3/h6-7,10H,4-5,8-9,11H2,1-3H3. The summed E-state index contributed by atoms with van der Waals surface area (Å²) in [7, 11) is -3.43. The van der Waals surface area contributed by atoms with Crippen molar-refractivity contribution in [2.75, 3.05) is 6.54 Å². The van der Waals surface area contributed by atoms with Gasteiger partial charge in [-0.25, -0.2) is 8.42 Å². The van der Waals surface area contributed by atoms with Crippen LogP contribution in [0.1, 0.15) is 44.7 Å². The van der Waals surface area contributed by atoms with Gasteiger partial charge in [0.2, 0.25) is 10.0 Å². The molecular weight excluding hydrogens is 294 g/mol. The van der Waals surface area contributed by atoms with Crippen LogP contribution in [0.4, 0.5) is 0 Å². The van der Waals surface area contributed by atoms with Crippen molar-refractivity contribution < 1.29 is 8.42 Å². The number of sulfonamides is 1. The topological polar surface area (TPSA) is 37.4 Å². The zero-order valence-corrected chi connectivity index (χ0v) is 13.9. The van der Waals surface area contributed by atoms with Crippen molar-refractivity contribution in [1.29, 1.82) is 0 Å². The Hall–Kier alpha value is -0.580. The number of aryl methyl sites for hydroxylation is 1. The molecular formula is C15H22ClNO2S. The highest BCUT2D eigenvalue weighted by atomic mass is 35.5. The molecule has 5 heteroatoms. The van der Waals surface area contributed by atoms with Crippen LogP contribution in [-0.4, -0.2) is 24.8 Å². The Morgan fingerprint density at radius 2 is 2.00 bits per heavy atom. The first-order valence-electron chi connectivity index (χ1n) is 7.03. The number of nitrogens with zero attached hydrogens (tertiary/aromatic N) is 1. The summed E-state index contributed by atoms with van der Waals surface area (Å²) in [5.41, 5.74) is 1.72. The molecule has 3 nitrogen and oxygen atoms in total. The van der Waals surface area contributed by atoms with Crippen molar-refractivity contribution >= 4 is 21.6 Å². The van der Waals surface area contributed by atoms with Crippen LogP contribution >= 0.6 is 11.6 Å². The van der Waals surface area contributed by atoms with Crippen LogP contribution in [0, 0.1) is 0 Å². The molecule has 1 saturated heterocycles. The van der Waals surface area contributed by atoms with Gasteiger partial charge in [-0.05, 0) is 56.4 Å². The van der Waals surface area contributed by atoms with Crippen molar-refractivity contribution in [2.45, 2.75) is 56.3 Å². The summed E-state index contributed by atoms with van der Waals surface area (Å²) in [6.45, 7) is 6.62. The van der Waals surface area contributed by atoms with Crippen LogP contribution < -0.4 is 0 Å². The average Bonchev–Trinajstić information content (AvgIpc) is 2.78.